The molecule has 2 heterocycles. The maximum absolute atomic E-state index is 12.1. The summed E-state index contributed by atoms with van der Waals surface area (Å²) in [6.07, 6.45) is 3.42. The Bertz CT molecular complexity index is 364. The predicted molar refractivity (Wildman–Crippen MR) is 79.3 cm³/mol. The SMILES string of the molecule is CC1=C(Br)CN([C@@H](C)C(=O)NC[C@H]2CCCO2)CC1. The van der Waals surface area contributed by atoms with Gasteiger partial charge in [0.05, 0.1) is 12.1 Å². The average molecular weight is 331 g/mol. The van der Waals surface area contributed by atoms with Gasteiger partial charge in [-0.05, 0) is 33.1 Å². The molecule has 0 bridgehead atoms. The number of nitrogens with zero attached hydrogens (tertiary/aromatic N) is 1. The molecular weight excluding hydrogens is 308 g/mol. The number of amides is 1. The molecule has 0 spiro atoms. The van der Waals surface area contributed by atoms with Crippen molar-refractivity contribution in [3.8, 4) is 0 Å². The Morgan fingerprint density at radius 1 is 1.63 bits per heavy atom. The molecule has 108 valence electrons. The van der Waals surface area contributed by atoms with Crippen LogP contribution in [0, 0.1) is 0 Å². The van der Waals surface area contributed by atoms with Gasteiger partial charge in [0, 0.05) is 30.7 Å². The van der Waals surface area contributed by atoms with Crippen molar-refractivity contribution in [1.82, 2.24) is 10.2 Å². The Morgan fingerprint density at radius 2 is 2.42 bits per heavy atom. The second kappa shape index (κ2) is 6.86. The van der Waals surface area contributed by atoms with Gasteiger partial charge in [-0.3, -0.25) is 9.69 Å². The predicted octanol–water partition coefficient (Wildman–Crippen LogP) is 2.04. The van der Waals surface area contributed by atoms with E-state index in [-0.39, 0.29) is 18.1 Å². The molecule has 1 fully saturated rings. The fraction of sp³-hybridized carbons (Fsp3) is 0.786. The summed E-state index contributed by atoms with van der Waals surface area (Å²) >= 11 is 3.59. The van der Waals surface area contributed by atoms with Crippen LogP contribution in [0.3, 0.4) is 0 Å². The number of ether oxygens (including phenoxy) is 1. The molecule has 0 aromatic carbocycles. The first-order valence-electron chi connectivity index (χ1n) is 7.05. The molecule has 0 saturated carbocycles. The summed E-state index contributed by atoms with van der Waals surface area (Å²) in [6.45, 7) is 7.39. The maximum atomic E-state index is 12.1. The summed E-state index contributed by atoms with van der Waals surface area (Å²) in [7, 11) is 0. The van der Waals surface area contributed by atoms with Crippen LogP contribution in [-0.2, 0) is 9.53 Å². The van der Waals surface area contributed by atoms with Gasteiger partial charge in [-0.25, -0.2) is 0 Å². The molecule has 1 amide bonds. The standard InChI is InChI=1S/C14H23BrN2O2/c1-10-5-6-17(9-13(10)15)11(2)14(18)16-8-12-4-3-7-19-12/h11-12H,3-9H2,1-2H3,(H,16,18)/t11-,12+/m0/s1. The Kier molecular flexibility index (Phi) is 5.42. The van der Waals surface area contributed by atoms with Crippen molar-refractivity contribution >= 4 is 21.8 Å². The van der Waals surface area contributed by atoms with Gasteiger partial charge in [-0.2, -0.15) is 0 Å². The zero-order valence-electron chi connectivity index (χ0n) is 11.7. The van der Waals surface area contributed by atoms with Crippen molar-refractivity contribution in [2.75, 3.05) is 26.2 Å². The van der Waals surface area contributed by atoms with Crippen LogP contribution >= 0.6 is 15.9 Å². The monoisotopic (exact) mass is 330 g/mol. The van der Waals surface area contributed by atoms with Crippen molar-refractivity contribution in [3.63, 3.8) is 0 Å². The van der Waals surface area contributed by atoms with Crippen LogP contribution in [0.2, 0.25) is 0 Å². The molecule has 5 heteroatoms. The van der Waals surface area contributed by atoms with E-state index in [2.05, 4.69) is 33.1 Å². The number of hydrogen-bond acceptors (Lipinski definition) is 3. The first-order valence-corrected chi connectivity index (χ1v) is 7.84. The minimum absolute atomic E-state index is 0.0814. The van der Waals surface area contributed by atoms with Crippen molar-refractivity contribution < 1.29 is 9.53 Å². The zero-order valence-corrected chi connectivity index (χ0v) is 13.3. The smallest absolute Gasteiger partial charge is 0.237 e. The minimum Gasteiger partial charge on any atom is -0.376 e. The Morgan fingerprint density at radius 3 is 3.05 bits per heavy atom. The van der Waals surface area contributed by atoms with Crippen LogP contribution in [0.25, 0.3) is 0 Å². The van der Waals surface area contributed by atoms with Gasteiger partial charge < -0.3 is 10.1 Å². The van der Waals surface area contributed by atoms with Crippen LogP contribution in [-0.4, -0.2) is 49.2 Å². The highest BCUT2D eigenvalue weighted by Crippen LogP contribution is 2.23. The lowest BCUT2D eigenvalue weighted by molar-refractivity contribution is -0.126. The number of rotatable bonds is 4. The van der Waals surface area contributed by atoms with Crippen LogP contribution < -0.4 is 5.32 Å². The van der Waals surface area contributed by atoms with Crippen LogP contribution in [0.5, 0.6) is 0 Å². The number of nitrogens with one attached hydrogen (secondary N) is 1. The Hall–Kier alpha value is -0.390. The molecule has 2 aliphatic rings. The fourth-order valence-corrected chi connectivity index (χ4v) is 3.02. The number of hydrogen-bond donors (Lipinski definition) is 1. The molecule has 1 N–H and O–H groups in total. The number of carbonyl (C=O) groups excluding carboxylic acids is 1. The molecule has 0 aromatic rings. The van der Waals surface area contributed by atoms with Gasteiger partial charge in [0.15, 0.2) is 0 Å². The fourth-order valence-electron chi connectivity index (χ4n) is 2.50. The van der Waals surface area contributed by atoms with E-state index in [0.29, 0.717) is 6.54 Å². The van der Waals surface area contributed by atoms with Gasteiger partial charge in [-0.15, -0.1) is 0 Å². The second-order valence-electron chi connectivity index (χ2n) is 5.46. The molecule has 19 heavy (non-hydrogen) atoms. The summed E-state index contributed by atoms with van der Waals surface area (Å²) in [5, 5.41) is 3.01. The quantitative estimate of drug-likeness (QED) is 0.857. The van der Waals surface area contributed by atoms with Crippen LogP contribution in [0.4, 0.5) is 0 Å². The third-order valence-corrected chi connectivity index (χ3v) is 4.96. The van der Waals surface area contributed by atoms with Gasteiger partial charge in [-0.1, -0.05) is 21.5 Å². The van der Waals surface area contributed by atoms with Crippen molar-refractivity contribution in [2.24, 2.45) is 0 Å². The highest BCUT2D eigenvalue weighted by atomic mass is 79.9. The van der Waals surface area contributed by atoms with Gasteiger partial charge in [0.25, 0.3) is 0 Å². The molecule has 0 aromatic heterocycles. The molecule has 0 unspecified atom stereocenters. The van der Waals surface area contributed by atoms with E-state index in [4.69, 9.17) is 4.74 Å². The molecule has 0 aliphatic carbocycles. The Balaban J connectivity index is 1.78. The van der Waals surface area contributed by atoms with E-state index in [1.807, 2.05) is 6.92 Å². The summed E-state index contributed by atoms with van der Waals surface area (Å²) in [5.41, 5.74) is 1.39. The van der Waals surface area contributed by atoms with Crippen LogP contribution in [0.1, 0.15) is 33.1 Å². The van der Waals surface area contributed by atoms with Gasteiger partial charge >= 0.3 is 0 Å². The molecule has 2 atom stereocenters. The van der Waals surface area contributed by atoms with Crippen LogP contribution in [0.15, 0.2) is 10.1 Å². The van der Waals surface area contributed by atoms with E-state index in [0.717, 1.165) is 39.0 Å². The van der Waals surface area contributed by atoms with E-state index < -0.39 is 0 Å². The number of halogens is 1. The molecule has 2 aliphatic heterocycles. The molecular formula is C14H23BrN2O2. The molecule has 2 rings (SSSR count). The lowest BCUT2D eigenvalue weighted by Gasteiger charge is -2.32. The lowest BCUT2D eigenvalue weighted by atomic mass is 10.1. The Labute approximate surface area is 123 Å². The van der Waals surface area contributed by atoms with Crippen molar-refractivity contribution in [1.29, 1.82) is 0 Å². The first-order chi connectivity index (χ1) is 9.08. The topological polar surface area (TPSA) is 41.6 Å². The highest BCUT2D eigenvalue weighted by molar-refractivity contribution is 9.11. The lowest BCUT2D eigenvalue weighted by Crippen LogP contribution is -2.48. The van der Waals surface area contributed by atoms with E-state index in [1.54, 1.807) is 0 Å². The van der Waals surface area contributed by atoms with E-state index >= 15 is 0 Å². The van der Waals surface area contributed by atoms with E-state index in [9.17, 15) is 4.79 Å². The minimum atomic E-state index is -0.0814. The molecule has 4 nitrogen and oxygen atoms in total. The third kappa shape index (κ3) is 4.04. The first kappa shape index (κ1) is 15.0. The highest BCUT2D eigenvalue weighted by Gasteiger charge is 2.25. The van der Waals surface area contributed by atoms with Crippen molar-refractivity contribution in [2.45, 2.75) is 45.3 Å². The van der Waals surface area contributed by atoms with E-state index in [1.165, 1.54) is 10.1 Å². The summed E-state index contributed by atoms with van der Waals surface area (Å²) in [4.78, 5) is 14.4. The van der Waals surface area contributed by atoms with Gasteiger partial charge in [0.1, 0.15) is 0 Å². The second-order valence-corrected chi connectivity index (χ2v) is 6.42. The third-order valence-electron chi connectivity index (χ3n) is 4.03. The average Bonchev–Trinajstić information content (AvgIpc) is 2.91. The molecule has 1 saturated heterocycles. The summed E-state index contributed by atoms with van der Waals surface area (Å²) in [5.74, 6) is 0.107. The molecule has 0 radical (unpaired) electrons. The summed E-state index contributed by atoms with van der Waals surface area (Å²) in [6, 6.07) is -0.0814. The normalized spacial score (nSPS) is 26.6. The number of carbonyl (C=O) groups is 1. The van der Waals surface area contributed by atoms with Gasteiger partial charge in [0.2, 0.25) is 5.91 Å². The largest absolute Gasteiger partial charge is 0.376 e. The van der Waals surface area contributed by atoms with Crippen molar-refractivity contribution in [3.05, 3.63) is 10.1 Å². The maximum Gasteiger partial charge on any atom is 0.237 e. The zero-order chi connectivity index (χ0) is 13.8. The summed E-state index contributed by atoms with van der Waals surface area (Å²) < 4.78 is 6.74.